The third-order valence-electron chi connectivity index (χ3n) is 1.90. The summed E-state index contributed by atoms with van der Waals surface area (Å²) in [6.07, 6.45) is 4.44. The first kappa shape index (κ1) is 13.2. The summed E-state index contributed by atoms with van der Waals surface area (Å²) in [6.45, 7) is 6.03. The highest BCUT2D eigenvalue weighted by Gasteiger charge is 2.10. The summed E-state index contributed by atoms with van der Waals surface area (Å²) < 4.78 is 0. The predicted octanol–water partition coefficient (Wildman–Crippen LogP) is 3.59. The molecule has 0 aromatic rings. The van der Waals surface area contributed by atoms with Gasteiger partial charge in [-0.15, -0.1) is 11.7 Å². The third-order valence-corrected chi connectivity index (χ3v) is 2.78. The highest BCUT2D eigenvalue weighted by atomic mass is 33.1. The predicted molar refractivity (Wildman–Crippen MR) is 63.4 cm³/mol. The molecule has 0 fully saturated rings. The minimum Gasteiger partial charge on any atom is -0.333 e. The number of nitrogens with zero attached hydrogens (tertiary/aromatic N) is 1. The minimum atomic E-state index is 0.0882. The number of carbonyl (C=O) groups excluding carboxylic acids is 1. The van der Waals surface area contributed by atoms with E-state index in [2.05, 4.69) is 25.5 Å². The van der Waals surface area contributed by atoms with Crippen molar-refractivity contribution in [1.82, 2.24) is 4.90 Å². The molecule has 0 aliphatic heterocycles. The fraction of sp³-hybridized carbons (Fsp3) is 0.889. The molecule has 0 saturated heterocycles. The number of rotatable bonds is 6. The highest BCUT2D eigenvalue weighted by molar-refractivity contribution is 8.74. The molecule has 0 aromatic carbocycles. The zero-order valence-electron chi connectivity index (χ0n) is 8.45. The molecule has 0 rings (SSSR count). The van der Waals surface area contributed by atoms with Crippen molar-refractivity contribution >= 4 is 27.7 Å². The summed E-state index contributed by atoms with van der Waals surface area (Å²) in [7, 11) is 1.02. The van der Waals surface area contributed by atoms with Crippen LogP contribution in [0.15, 0.2) is 0 Å². The van der Waals surface area contributed by atoms with Crippen molar-refractivity contribution in [3.63, 3.8) is 0 Å². The van der Waals surface area contributed by atoms with E-state index in [9.17, 15) is 4.79 Å². The van der Waals surface area contributed by atoms with Crippen LogP contribution in [0, 0.1) is 0 Å². The van der Waals surface area contributed by atoms with Crippen molar-refractivity contribution < 1.29 is 4.79 Å². The number of hydrogen-bond donors (Lipinski definition) is 1. The first-order chi connectivity index (χ1) is 6.26. The minimum absolute atomic E-state index is 0.0882. The second kappa shape index (κ2) is 8.75. The Hall–Kier alpha value is 0.170. The maximum Gasteiger partial charge on any atom is 0.292 e. The smallest absolute Gasteiger partial charge is 0.292 e. The Balaban J connectivity index is 3.79. The maximum absolute atomic E-state index is 11.3. The van der Waals surface area contributed by atoms with Gasteiger partial charge in [0.25, 0.3) is 5.24 Å². The lowest BCUT2D eigenvalue weighted by Crippen LogP contribution is -2.29. The standard InChI is InChI=1S/C9H19NOS2/c1-3-5-7-10(8-6-4-2)9(11)13-12/h12H,3-8H2,1-2H3. The van der Waals surface area contributed by atoms with Crippen molar-refractivity contribution in [3.8, 4) is 0 Å². The van der Waals surface area contributed by atoms with E-state index in [1.807, 2.05) is 4.90 Å². The average molecular weight is 221 g/mol. The van der Waals surface area contributed by atoms with Crippen LogP contribution in [-0.2, 0) is 0 Å². The van der Waals surface area contributed by atoms with Crippen molar-refractivity contribution in [2.45, 2.75) is 39.5 Å². The highest BCUT2D eigenvalue weighted by Crippen LogP contribution is 2.13. The number of hydrogen-bond acceptors (Lipinski definition) is 3. The number of thiol groups is 1. The Morgan fingerprint density at radius 2 is 1.69 bits per heavy atom. The monoisotopic (exact) mass is 221 g/mol. The van der Waals surface area contributed by atoms with E-state index in [1.54, 1.807) is 0 Å². The molecule has 13 heavy (non-hydrogen) atoms. The van der Waals surface area contributed by atoms with E-state index in [0.717, 1.165) is 49.6 Å². The summed E-state index contributed by atoms with van der Waals surface area (Å²) >= 11 is 3.92. The number of carbonyl (C=O) groups is 1. The first-order valence-corrected chi connectivity index (χ1v) is 6.73. The van der Waals surface area contributed by atoms with Gasteiger partial charge in [0, 0.05) is 23.9 Å². The molecule has 78 valence electrons. The molecular formula is C9H19NOS2. The SMILES string of the molecule is CCCCN(CCCC)C(=O)SS. The molecule has 0 N–H and O–H groups in total. The molecule has 0 spiro atoms. The Kier molecular flexibility index (Phi) is 8.87. The summed E-state index contributed by atoms with van der Waals surface area (Å²) in [5.74, 6) is 0. The van der Waals surface area contributed by atoms with Gasteiger partial charge in [-0.2, -0.15) is 0 Å². The van der Waals surface area contributed by atoms with Crippen LogP contribution in [0.5, 0.6) is 0 Å². The van der Waals surface area contributed by atoms with Crippen molar-refractivity contribution in [3.05, 3.63) is 0 Å². The topological polar surface area (TPSA) is 20.3 Å². The van der Waals surface area contributed by atoms with Crippen LogP contribution < -0.4 is 0 Å². The lowest BCUT2D eigenvalue weighted by molar-refractivity contribution is 0.221. The lowest BCUT2D eigenvalue weighted by atomic mass is 10.3. The summed E-state index contributed by atoms with van der Waals surface area (Å²) in [5.41, 5.74) is 0. The van der Waals surface area contributed by atoms with E-state index in [-0.39, 0.29) is 5.24 Å². The second-order valence-corrected chi connectivity index (χ2v) is 4.13. The molecule has 0 saturated carbocycles. The van der Waals surface area contributed by atoms with Crippen LogP contribution in [0.3, 0.4) is 0 Å². The summed E-state index contributed by atoms with van der Waals surface area (Å²) in [5, 5.41) is 0.0882. The van der Waals surface area contributed by atoms with Gasteiger partial charge in [-0.25, -0.2) is 0 Å². The molecule has 0 unspecified atom stereocenters. The van der Waals surface area contributed by atoms with Gasteiger partial charge in [0.1, 0.15) is 0 Å². The van der Waals surface area contributed by atoms with Gasteiger partial charge in [0.15, 0.2) is 0 Å². The van der Waals surface area contributed by atoms with E-state index in [0.29, 0.717) is 0 Å². The fourth-order valence-electron chi connectivity index (χ4n) is 1.05. The van der Waals surface area contributed by atoms with Gasteiger partial charge >= 0.3 is 0 Å². The van der Waals surface area contributed by atoms with Gasteiger partial charge in [0.2, 0.25) is 0 Å². The molecule has 0 bridgehead atoms. The Morgan fingerprint density at radius 1 is 1.23 bits per heavy atom. The molecule has 4 heteroatoms. The van der Waals surface area contributed by atoms with Crippen molar-refractivity contribution in [2.75, 3.05) is 13.1 Å². The van der Waals surface area contributed by atoms with Gasteiger partial charge < -0.3 is 4.90 Å². The quantitative estimate of drug-likeness (QED) is 0.546. The first-order valence-electron chi connectivity index (χ1n) is 4.86. The van der Waals surface area contributed by atoms with Gasteiger partial charge in [-0.05, 0) is 12.8 Å². The lowest BCUT2D eigenvalue weighted by Gasteiger charge is -2.20. The van der Waals surface area contributed by atoms with Crippen molar-refractivity contribution in [2.24, 2.45) is 0 Å². The maximum atomic E-state index is 11.3. The molecule has 2 nitrogen and oxygen atoms in total. The van der Waals surface area contributed by atoms with Crippen molar-refractivity contribution in [1.29, 1.82) is 0 Å². The molecular weight excluding hydrogens is 202 g/mol. The molecule has 0 aliphatic carbocycles. The van der Waals surface area contributed by atoms with Crippen LogP contribution in [0.25, 0.3) is 0 Å². The van der Waals surface area contributed by atoms with E-state index in [4.69, 9.17) is 0 Å². The van der Waals surface area contributed by atoms with Gasteiger partial charge in [-0.1, -0.05) is 26.7 Å². The van der Waals surface area contributed by atoms with E-state index >= 15 is 0 Å². The molecule has 0 aliphatic rings. The van der Waals surface area contributed by atoms with Gasteiger partial charge in [0.05, 0.1) is 0 Å². The normalized spacial score (nSPS) is 10.1. The van der Waals surface area contributed by atoms with E-state index < -0.39 is 0 Å². The zero-order chi connectivity index (χ0) is 10.1. The van der Waals surface area contributed by atoms with Crippen LogP contribution in [0.1, 0.15) is 39.5 Å². The third kappa shape index (κ3) is 6.27. The Bertz CT molecular complexity index is 134. The number of amides is 1. The fourth-order valence-corrected chi connectivity index (χ4v) is 1.69. The zero-order valence-corrected chi connectivity index (χ0v) is 10.2. The summed E-state index contributed by atoms with van der Waals surface area (Å²) in [4.78, 5) is 13.2. The van der Waals surface area contributed by atoms with Crippen LogP contribution >= 0.6 is 22.5 Å². The molecule has 0 atom stereocenters. The molecule has 0 heterocycles. The molecule has 1 amide bonds. The summed E-state index contributed by atoms with van der Waals surface area (Å²) in [6, 6.07) is 0. The van der Waals surface area contributed by atoms with E-state index in [1.165, 1.54) is 0 Å². The van der Waals surface area contributed by atoms with Crippen LogP contribution in [0.2, 0.25) is 0 Å². The number of unbranched alkanes of at least 4 members (excludes halogenated alkanes) is 2. The Morgan fingerprint density at radius 3 is 2.00 bits per heavy atom. The average Bonchev–Trinajstić information content (AvgIpc) is 2.17. The van der Waals surface area contributed by atoms with Gasteiger partial charge in [-0.3, -0.25) is 4.79 Å². The largest absolute Gasteiger partial charge is 0.333 e. The van der Waals surface area contributed by atoms with Crippen LogP contribution in [-0.4, -0.2) is 23.2 Å². The second-order valence-electron chi connectivity index (χ2n) is 3.05. The Labute approximate surface area is 90.3 Å². The van der Waals surface area contributed by atoms with Crippen LogP contribution in [0.4, 0.5) is 4.79 Å². The molecule has 0 radical (unpaired) electrons. The molecule has 0 aromatic heterocycles.